The molecule has 19 heavy (non-hydrogen) atoms. The maximum Gasteiger partial charge on any atom is 0.226 e. The first-order valence-corrected chi connectivity index (χ1v) is 5.99. The predicted molar refractivity (Wildman–Crippen MR) is 75.7 cm³/mol. The van der Waals surface area contributed by atoms with Crippen LogP contribution in [-0.2, 0) is 0 Å². The molecule has 6 nitrogen and oxygen atoms in total. The number of nitrogens with one attached hydrogen (secondary N) is 3. The molecule has 0 radical (unpaired) electrons. The molecule has 0 bridgehead atoms. The number of hydrogen-bond acceptors (Lipinski definition) is 5. The summed E-state index contributed by atoms with van der Waals surface area (Å²) in [5.74, 6) is 1.28. The van der Waals surface area contributed by atoms with Crippen molar-refractivity contribution in [1.82, 2.24) is 20.2 Å². The van der Waals surface area contributed by atoms with Crippen LogP contribution in [0.25, 0.3) is 11.0 Å². The molecule has 96 valence electrons. The number of aromatic nitrogens is 4. The molecule has 0 amide bonds. The molecule has 0 aliphatic carbocycles. The molecule has 3 aromatic rings. The molecule has 6 heteroatoms. The molecule has 0 saturated heterocycles. The minimum atomic E-state index is 0.548. The van der Waals surface area contributed by atoms with Crippen LogP contribution < -0.4 is 10.6 Å². The number of nitrogens with zero attached hydrogens (tertiary/aromatic N) is 3. The van der Waals surface area contributed by atoms with Gasteiger partial charge in [-0.2, -0.15) is 15.1 Å². The van der Waals surface area contributed by atoms with Crippen LogP contribution in [0.2, 0.25) is 0 Å². The van der Waals surface area contributed by atoms with Gasteiger partial charge in [-0.05, 0) is 24.6 Å². The highest BCUT2D eigenvalue weighted by Gasteiger charge is 2.08. The first-order valence-electron chi connectivity index (χ1n) is 5.99. The SMILES string of the molecule is CNc1nc(Nc2cccc(C)c2)c2cn[nH]c2n1. The molecule has 0 atom stereocenters. The second kappa shape index (κ2) is 4.56. The van der Waals surface area contributed by atoms with Crippen molar-refractivity contribution in [3.05, 3.63) is 36.0 Å². The Balaban J connectivity index is 2.06. The molecular formula is C13H14N6. The van der Waals surface area contributed by atoms with Crippen molar-refractivity contribution < 1.29 is 0 Å². The molecule has 0 spiro atoms. The topological polar surface area (TPSA) is 78.5 Å². The number of anilines is 3. The normalized spacial score (nSPS) is 10.6. The van der Waals surface area contributed by atoms with Crippen LogP contribution in [-0.4, -0.2) is 27.2 Å². The van der Waals surface area contributed by atoms with Gasteiger partial charge >= 0.3 is 0 Å². The van der Waals surface area contributed by atoms with E-state index < -0.39 is 0 Å². The van der Waals surface area contributed by atoms with E-state index in [1.165, 1.54) is 5.56 Å². The first-order chi connectivity index (χ1) is 9.26. The average Bonchev–Trinajstić information content (AvgIpc) is 2.87. The predicted octanol–water partition coefficient (Wildman–Crippen LogP) is 2.45. The van der Waals surface area contributed by atoms with Gasteiger partial charge < -0.3 is 10.6 Å². The number of hydrogen-bond donors (Lipinski definition) is 3. The van der Waals surface area contributed by atoms with Crippen molar-refractivity contribution in [3.8, 4) is 0 Å². The van der Waals surface area contributed by atoms with Crippen molar-refractivity contribution in [2.45, 2.75) is 6.92 Å². The summed E-state index contributed by atoms with van der Waals surface area (Å²) < 4.78 is 0. The van der Waals surface area contributed by atoms with Crippen molar-refractivity contribution in [2.75, 3.05) is 17.7 Å². The Kier molecular flexibility index (Phi) is 2.75. The van der Waals surface area contributed by atoms with Gasteiger partial charge in [0.15, 0.2) is 5.65 Å². The number of aryl methyl sites for hydroxylation is 1. The maximum absolute atomic E-state index is 4.42. The molecule has 3 N–H and O–H groups in total. The highest BCUT2D eigenvalue weighted by Crippen LogP contribution is 2.23. The lowest BCUT2D eigenvalue weighted by atomic mass is 10.2. The molecule has 2 aromatic heterocycles. The molecule has 3 rings (SSSR count). The third-order valence-corrected chi connectivity index (χ3v) is 2.81. The standard InChI is InChI=1S/C13H14N6/c1-8-4-3-5-9(6-8)16-11-10-7-15-19-12(10)18-13(14-2)17-11/h3-7H,1-2H3,(H3,14,15,16,17,18,19). The van der Waals surface area contributed by atoms with Crippen LogP contribution in [0.15, 0.2) is 30.5 Å². The van der Waals surface area contributed by atoms with Gasteiger partial charge in [0.25, 0.3) is 0 Å². The Labute approximate surface area is 110 Å². The third-order valence-electron chi connectivity index (χ3n) is 2.81. The molecule has 1 aromatic carbocycles. The molecule has 0 saturated carbocycles. The quantitative estimate of drug-likeness (QED) is 0.669. The summed E-state index contributed by atoms with van der Waals surface area (Å²) in [4.78, 5) is 8.72. The molecule has 2 heterocycles. The fraction of sp³-hybridized carbons (Fsp3) is 0.154. The number of aromatic amines is 1. The molecule has 0 aliphatic rings. The Bertz CT molecular complexity index is 718. The molecule has 0 unspecified atom stereocenters. The van der Waals surface area contributed by atoms with Crippen LogP contribution in [0, 0.1) is 6.92 Å². The van der Waals surface area contributed by atoms with E-state index in [1.807, 2.05) is 12.1 Å². The van der Waals surface area contributed by atoms with Crippen molar-refractivity contribution >= 4 is 28.5 Å². The van der Waals surface area contributed by atoms with E-state index >= 15 is 0 Å². The highest BCUT2D eigenvalue weighted by molar-refractivity contribution is 5.89. The summed E-state index contributed by atoms with van der Waals surface area (Å²) in [7, 11) is 1.79. The van der Waals surface area contributed by atoms with Crippen molar-refractivity contribution in [2.24, 2.45) is 0 Å². The Morgan fingerprint density at radius 1 is 1.21 bits per heavy atom. The third kappa shape index (κ3) is 2.20. The minimum absolute atomic E-state index is 0.548. The molecule has 0 aliphatic heterocycles. The van der Waals surface area contributed by atoms with Gasteiger partial charge in [-0.3, -0.25) is 5.10 Å². The number of rotatable bonds is 3. The van der Waals surface area contributed by atoms with Gasteiger partial charge in [-0.25, -0.2) is 0 Å². The Hall–Kier alpha value is -2.63. The van der Waals surface area contributed by atoms with Gasteiger partial charge in [0.05, 0.1) is 11.6 Å². The first kappa shape index (κ1) is 11.5. The van der Waals surface area contributed by atoms with Gasteiger partial charge in [0.2, 0.25) is 5.95 Å². The largest absolute Gasteiger partial charge is 0.357 e. The van der Waals surface area contributed by atoms with Crippen LogP contribution in [0.5, 0.6) is 0 Å². The highest BCUT2D eigenvalue weighted by atomic mass is 15.2. The smallest absolute Gasteiger partial charge is 0.226 e. The van der Waals surface area contributed by atoms with Crippen LogP contribution in [0.1, 0.15) is 5.56 Å². The second-order valence-electron chi connectivity index (χ2n) is 4.27. The zero-order chi connectivity index (χ0) is 13.2. The minimum Gasteiger partial charge on any atom is -0.357 e. The Morgan fingerprint density at radius 3 is 2.89 bits per heavy atom. The zero-order valence-corrected chi connectivity index (χ0v) is 10.7. The van der Waals surface area contributed by atoms with Crippen LogP contribution >= 0.6 is 0 Å². The van der Waals surface area contributed by atoms with E-state index in [2.05, 4.69) is 49.9 Å². The number of fused-ring (bicyclic) bond motifs is 1. The van der Waals surface area contributed by atoms with E-state index in [9.17, 15) is 0 Å². The van der Waals surface area contributed by atoms with E-state index in [4.69, 9.17) is 0 Å². The fourth-order valence-electron chi connectivity index (χ4n) is 1.90. The van der Waals surface area contributed by atoms with E-state index in [-0.39, 0.29) is 0 Å². The van der Waals surface area contributed by atoms with E-state index in [0.29, 0.717) is 11.6 Å². The summed E-state index contributed by atoms with van der Waals surface area (Å²) in [6.07, 6.45) is 1.72. The lowest BCUT2D eigenvalue weighted by Gasteiger charge is -2.08. The Morgan fingerprint density at radius 2 is 2.11 bits per heavy atom. The van der Waals surface area contributed by atoms with Crippen molar-refractivity contribution in [3.63, 3.8) is 0 Å². The number of H-pyrrole nitrogens is 1. The monoisotopic (exact) mass is 254 g/mol. The lowest BCUT2D eigenvalue weighted by Crippen LogP contribution is -2.01. The summed E-state index contributed by atoms with van der Waals surface area (Å²) in [5.41, 5.74) is 2.88. The van der Waals surface area contributed by atoms with Gasteiger partial charge in [-0.15, -0.1) is 0 Å². The van der Waals surface area contributed by atoms with Gasteiger partial charge in [-0.1, -0.05) is 12.1 Å². The fourth-order valence-corrected chi connectivity index (χ4v) is 1.90. The summed E-state index contributed by atoms with van der Waals surface area (Å²) >= 11 is 0. The summed E-state index contributed by atoms with van der Waals surface area (Å²) in [6.45, 7) is 2.05. The second-order valence-corrected chi connectivity index (χ2v) is 4.27. The molecular weight excluding hydrogens is 240 g/mol. The number of benzene rings is 1. The summed E-state index contributed by atoms with van der Waals surface area (Å²) in [6, 6.07) is 8.12. The van der Waals surface area contributed by atoms with Crippen molar-refractivity contribution in [1.29, 1.82) is 0 Å². The van der Waals surface area contributed by atoms with Crippen LogP contribution in [0.3, 0.4) is 0 Å². The molecule has 0 fully saturated rings. The van der Waals surface area contributed by atoms with Gasteiger partial charge in [0, 0.05) is 12.7 Å². The summed E-state index contributed by atoms with van der Waals surface area (Å²) in [5, 5.41) is 13.9. The zero-order valence-electron chi connectivity index (χ0n) is 10.7. The average molecular weight is 254 g/mol. The lowest BCUT2D eigenvalue weighted by molar-refractivity contribution is 1.09. The van der Waals surface area contributed by atoms with E-state index in [0.717, 1.165) is 16.9 Å². The maximum atomic E-state index is 4.42. The van der Waals surface area contributed by atoms with Gasteiger partial charge in [0.1, 0.15) is 5.82 Å². The van der Waals surface area contributed by atoms with Crippen LogP contribution in [0.4, 0.5) is 17.5 Å². The van der Waals surface area contributed by atoms with E-state index in [1.54, 1.807) is 13.2 Å².